The summed E-state index contributed by atoms with van der Waals surface area (Å²) < 4.78 is 2.09. The third kappa shape index (κ3) is 2.10. The molecule has 0 amide bonds. The molecular weight excluding hydrogens is 240 g/mol. The number of rotatable bonds is 2. The van der Waals surface area contributed by atoms with Crippen molar-refractivity contribution in [1.29, 1.82) is 0 Å². The number of anilines is 1. The number of aliphatic hydroxyl groups excluding tert-OH is 1. The van der Waals surface area contributed by atoms with Gasteiger partial charge in [0, 0.05) is 24.1 Å². The molecule has 5 nitrogen and oxygen atoms in total. The van der Waals surface area contributed by atoms with E-state index >= 15 is 0 Å². The molecule has 0 unspecified atom stereocenters. The fraction of sp³-hybridized carbons (Fsp3) is 0.429. The maximum atomic E-state index is 9.49. The Balaban J connectivity index is 2.09. The minimum absolute atomic E-state index is 0.0314. The van der Waals surface area contributed by atoms with Crippen molar-refractivity contribution >= 4 is 5.95 Å². The lowest BCUT2D eigenvalue weighted by Crippen LogP contribution is -2.43. The fourth-order valence-electron chi connectivity index (χ4n) is 2.65. The van der Waals surface area contributed by atoms with Crippen LogP contribution in [-0.2, 0) is 6.54 Å². The van der Waals surface area contributed by atoms with E-state index in [0.29, 0.717) is 0 Å². The molecule has 100 valence electrons. The van der Waals surface area contributed by atoms with E-state index in [-0.39, 0.29) is 12.1 Å². The monoisotopic (exact) mass is 258 g/mol. The SMILES string of the molecule is CC1(C)CN(CO)c2nnc(-c3ccccc3)n2C1. The molecule has 1 aromatic carbocycles. The Morgan fingerprint density at radius 2 is 1.89 bits per heavy atom. The molecule has 0 spiro atoms. The van der Waals surface area contributed by atoms with Crippen LogP contribution in [0.2, 0.25) is 0 Å². The van der Waals surface area contributed by atoms with Crippen molar-refractivity contribution < 1.29 is 5.11 Å². The highest BCUT2D eigenvalue weighted by molar-refractivity contribution is 5.58. The van der Waals surface area contributed by atoms with Gasteiger partial charge in [-0.2, -0.15) is 0 Å². The van der Waals surface area contributed by atoms with Crippen LogP contribution in [0.15, 0.2) is 30.3 Å². The van der Waals surface area contributed by atoms with Gasteiger partial charge in [0.25, 0.3) is 0 Å². The predicted molar refractivity (Wildman–Crippen MR) is 73.7 cm³/mol. The Kier molecular flexibility index (Phi) is 2.78. The van der Waals surface area contributed by atoms with Crippen LogP contribution in [0.5, 0.6) is 0 Å². The molecule has 1 aromatic heterocycles. The van der Waals surface area contributed by atoms with Gasteiger partial charge >= 0.3 is 0 Å². The smallest absolute Gasteiger partial charge is 0.229 e. The number of aliphatic hydroxyl groups is 1. The zero-order chi connectivity index (χ0) is 13.5. The fourth-order valence-corrected chi connectivity index (χ4v) is 2.65. The zero-order valence-corrected chi connectivity index (χ0v) is 11.2. The second-order valence-electron chi connectivity index (χ2n) is 5.78. The molecule has 0 fully saturated rings. The summed E-state index contributed by atoms with van der Waals surface area (Å²) in [7, 11) is 0. The van der Waals surface area contributed by atoms with Crippen molar-refractivity contribution in [3.8, 4) is 11.4 Å². The molecular formula is C14H18N4O. The van der Waals surface area contributed by atoms with E-state index in [1.54, 1.807) is 0 Å². The van der Waals surface area contributed by atoms with E-state index in [1.165, 1.54) is 0 Å². The van der Waals surface area contributed by atoms with Gasteiger partial charge in [0.15, 0.2) is 5.82 Å². The summed E-state index contributed by atoms with van der Waals surface area (Å²) in [5.41, 5.74) is 1.14. The van der Waals surface area contributed by atoms with Crippen LogP contribution in [0.3, 0.4) is 0 Å². The van der Waals surface area contributed by atoms with Crippen LogP contribution in [0.1, 0.15) is 13.8 Å². The molecule has 3 rings (SSSR count). The first-order chi connectivity index (χ1) is 9.11. The van der Waals surface area contributed by atoms with Gasteiger partial charge < -0.3 is 10.0 Å². The van der Waals surface area contributed by atoms with Crippen LogP contribution in [-0.4, -0.2) is 33.1 Å². The van der Waals surface area contributed by atoms with Crippen molar-refractivity contribution in [1.82, 2.24) is 14.8 Å². The van der Waals surface area contributed by atoms with Crippen LogP contribution >= 0.6 is 0 Å². The molecule has 2 aromatic rings. The lowest BCUT2D eigenvalue weighted by molar-refractivity contribution is 0.223. The summed E-state index contributed by atoms with van der Waals surface area (Å²) in [6, 6.07) is 10.0. The van der Waals surface area contributed by atoms with E-state index in [1.807, 2.05) is 35.2 Å². The topological polar surface area (TPSA) is 54.2 Å². The Labute approximate surface area is 112 Å². The molecule has 0 bridgehead atoms. The van der Waals surface area contributed by atoms with Gasteiger partial charge in [0.2, 0.25) is 5.95 Å². The van der Waals surface area contributed by atoms with Crippen LogP contribution in [0, 0.1) is 5.41 Å². The van der Waals surface area contributed by atoms with Crippen molar-refractivity contribution in [2.24, 2.45) is 5.41 Å². The Morgan fingerprint density at radius 3 is 2.58 bits per heavy atom. The summed E-state index contributed by atoms with van der Waals surface area (Å²) >= 11 is 0. The van der Waals surface area contributed by atoms with Gasteiger partial charge in [-0.05, 0) is 0 Å². The van der Waals surface area contributed by atoms with Crippen molar-refractivity contribution in [3.63, 3.8) is 0 Å². The van der Waals surface area contributed by atoms with Gasteiger partial charge in [0.1, 0.15) is 6.73 Å². The minimum Gasteiger partial charge on any atom is -0.376 e. The first kappa shape index (κ1) is 12.2. The highest BCUT2D eigenvalue weighted by Crippen LogP contribution is 2.33. The van der Waals surface area contributed by atoms with Gasteiger partial charge in [0.05, 0.1) is 0 Å². The van der Waals surface area contributed by atoms with E-state index < -0.39 is 0 Å². The van der Waals surface area contributed by atoms with E-state index in [0.717, 1.165) is 30.4 Å². The Hall–Kier alpha value is -1.88. The number of hydrogen-bond donors (Lipinski definition) is 1. The van der Waals surface area contributed by atoms with Crippen LogP contribution < -0.4 is 4.90 Å². The summed E-state index contributed by atoms with van der Waals surface area (Å²) in [4.78, 5) is 1.86. The first-order valence-electron chi connectivity index (χ1n) is 6.45. The van der Waals surface area contributed by atoms with Crippen molar-refractivity contribution in [2.45, 2.75) is 20.4 Å². The Morgan fingerprint density at radius 1 is 1.16 bits per heavy atom. The summed E-state index contributed by atoms with van der Waals surface area (Å²) in [6.07, 6.45) is 0. The van der Waals surface area contributed by atoms with Crippen molar-refractivity contribution in [2.75, 3.05) is 18.2 Å². The number of hydrogen-bond acceptors (Lipinski definition) is 4. The quantitative estimate of drug-likeness (QED) is 0.891. The van der Waals surface area contributed by atoms with E-state index in [9.17, 15) is 5.11 Å². The van der Waals surface area contributed by atoms with Crippen LogP contribution in [0.4, 0.5) is 5.95 Å². The first-order valence-corrected chi connectivity index (χ1v) is 6.45. The van der Waals surface area contributed by atoms with E-state index in [4.69, 9.17) is 0 Å². The molecule has 0 atom stereocenters. The minimum atomic E-state index is -0.0314. The zero-order valence-electron chi connectivity index (χ0n) is 11.2. The van der Waals surface area contributed by atoms with Gasteiger partial charge in [-0.25, -0.2) is 0 Å². The number of nitrogens with zero attached hydrogens (tertiary/aromatic N) is 4. The molecule has 19 heavy (non-hydrogen) atoms. The Bertz CT molecular complexity index is 576. The number of aromatic nitrogens is 3. The molecule has 5 heteroatoms. The number of benzene rings is 1. The third-order valence-corrected chi connectivity index (χ3v) is 3.42. The van der Waals surface area contributed by atoms with E-state index in [2.05, 4.69) is 28.6 Å². The highest BCUT2D eigenvalue weighted by atomic mass is 16.3. The standard InChI is InChI=1S/C14H18N4O/c1-14(2)8-17(10-19)13-16-15-12(18(13)9-14)11-6-4-3-5-7-11/h3-7,19H,8-10H2,1-2H3. The average Bonchev–Trinajstić information content (AvgIpc) is 2.81. The summed E-state index contributed by atoms with van der Waals surface area (Å²) in [6.45, 7) is 5.99. The second kappa shape index (κ2) is 4.35. The second-order valence-corrected chi connectivity index (χ2v) is 5.78. The normalized spacial score (nSPS) is 17.3. The highest BCUT2D eigenvalue weighted by Gasteiger charge is 2.33. The summed E-state index contributed by atoms with van der Waals surface area (Å²) in [5.74, 6) is 1.61. The molecule has 2 heterocycles. The molecule has 0 radical (unpaired) electrons. The molecule has 0 saturated carbocycles. The van der Waals surface area contributed by atoms with Crippen LogP contribution in [0.25, 0.3) is 11.4 Å². The van der Waals surface area contributed by atoms with Gasteiger partial charge in [-0.15, -0.1) is 10.2 Å². The molecule has 1 aliphatic heterocycles. The molecule has 0 saturated heterocycles. The molecule has 0 aliphatic carbocycles. The maximum absolute atomic E-state index is 9.49. The lowest BCUT2D eigenvalue weighted by atomic mass is 9.91. The largest absolute Gasteiger partial charge is 0.376 e. The van der Waals surface area contributed by atoms with Gasteiger partial charge in [-0.3, -0.25) is 4.57 Å². The average molecular weight is 258 g/mol. The number of fused-ring (bicyclic) bond motifs is 1. The predicted octanol–water partition coefficient (Wildman–Crippen LogP) is 1.74. The molecule has 1 N–H and O–H groups in total. The molecule has 1 aliphatic rings. The van der Waals surface area contributed by atoms with Crippen molar-refractivity contribution in [3.05, 3.63) is 30.3 Å². The lowest BCUT2D eigenvalue weighted by Gasteiger charge is -2.38. The third-order valence-electron chi connectivity index (χ3n) is 3.42. The summed E-state index contributed by atoms with van der Waals surface area (Å²) in [5, 5.41) is 18.0. The maximum Gasteiger partial charge on any atom is 0.229 e. The van der Waals surface area contributed by atoms with Gasteiger partial charge in [-0.1, -0.05) is 44.2 Å².